The molecule has 0 aliphatic heterocycles. The number of fused-ring (bicyclic) bond motifs is 1. The van der Waals surface area contributed by atoms with Crippen LogP contribution in [0.4, 0.5) is 5.69 Å². The summed E-state index contributed by atoms with van der Waals surface area (Å²) in [5, 5.41) is 0. The van der Waals surface area contributed by atoms with Gasteiger partial charge in [0.25, 0.3) is 0 Å². The molecular weight excluding hydrogens is 194 g/mol. The van der Waals surface area contributed by atoms with Crippen molar-refractivity contribution in [3.8, 4) is 0 Å². The van der Waals surface area contributed by atoms with E-state index in [1.807, 2.05) is 0 Å². The van der Waals surface area contributed by atoms with Crippen LogP contribution in [0, 0.1) is 6.92 Å². The zero-order valence-corrected chi connectivity index (χ0v) is 11.1. The Bertz CT molecular complexity index is 386. The number of anilines is 1. The van der Waals surface area contributed by atoms with E-state index >= 15 is 0 Å². The number of nitrogen functional groups attached to an aromatic ring is 1. The summed E-state index contributed by atoms with van der Waals surface area (Å²) in [6, 6.07) is 4.50. The molecule has 0 bridgehead atoms. The van der Waals surface area contributed by atoms with Gasteiger partial charge in [0, 0.05) is 5.69 Å². The van der Waals surface area contributed by atoms with E-state index in [1.165, 1.54) is 29.5 Å². The van der Waals surface area contributed by atoms with Crippen LogP contribution in [0.25, 0.3) is 0 Å². The Labute approximate surface area is 99.0 Å². The van der Waals surface area contributed by atoms with E-state index in [0.29, 0.717) is 5.41 Å². The van der Waals surface area contributed by atoms with Gasteiger partial charge in [0.05, 0.1) is 0 Å². The number of rotatable bonds is 0. The second-order valence-electron chi connectivity index (χ2n) is 6.52. The lowest BCUT2D eigenvalue weighted by molar-refractivity contribution is 0.332. The lowest BCUT2D eigenvalue weighted by Crippen LogP contribution is -2.34. The maximum Gasteiger partial charge on any atom is 0.0346 e. The summed E-state index contributed by atoms with van der Waals surface area (Å²) >= 11 is 0. The predicted molar refractivity (Wildman–Crippen MR) is 70.9 cm³/mol. The minimum Gasteiger partial charge on any atom is -0.399 e. The third-order valence-electron chi connectivity index (χ3n) is 4.24. The fourth-order valence-corrected chi connectivity index (χ4v) is 2.74. The van der Waals surface area contributed by atoms with Gasteiger partial charge in [0.15, 0.2) is 0 Å². The molecule has 0 unspecified atom stereocenters. The van der Waals surface area contributed by atoms with E-state index in [2.05, 4.69) is 46.8 Å². The lowest BCUT2D eigenvalue weighted by atomic mass is 9.63. The highest BCUT2D eigenvalue weighted by atomic mass is 14.6. The third-order valence-corrected chi connectivity index (χ3v) is 4.24. The lowest BCUT2D eigenvalue weighted by Gasteiger charge is -2.42. The molecule has 0 heterocycles. The minimum atomic E-state index is 0.271. The quantitative estimate of drug-likeness (QED) is 0.655. The molecule has 16 heavy (non-hydrogen) atoms. The van der Waals surface area contributed by atoms with Crippen molar-refractivity contribution >= 4 is 5.69 Å². The van der Waals surface area contributed by atoms with Crippen LogP contribution < -0.4 is 5.73 Å². The van der Waals surface area contributed by atoms with Crippen LogP contribution >= 0.6 is 0 Å². The molecule has 88 valence electrons. The molecule has 1 heteroatoms. The largest absolute Gasteiger partial charge is 0.399 e. The Morgan fingerprint density at radius 3 is 1.88 bits per heavy atom. The Hall–Kier alpha value is -0.980. The van der Waals surface area contributed by atoms with Gasteiger partial charge in [-0.3, -0.25) is 0 Å². The van der Waals surface area contributed by atoms with Crippen molar-refractivity contribution in [2.75, 3.05) is 5.73 Å². The van der Waals surface area contributed by atoms with Gasteiger partial charge in [-0.1, -0.05) is 33.8 Å². The minimum absolute atomic E-state index is 0.271. The number of hydrogen-bond donors (Lipinski definition) is 1. The standard InChI is InChI=1S/C15H23N/c1-10-8-11-12(9-13(10)16)15(4,5)7-6-14(11,2)3/h8-9H,6-7,16H2,1-5H3. The fraction of sp³-hybridized carbons (Fsp3) is 0.600. The number of hydrogen-bond acceptors (Lipinski definition) is 1. The first-order valence-electron chi connectivity index (χ1n) is 6.15. The maximum absolute atomic E-state index is 6.05. The molecule has 0 saturated heterocycles. The van der Waals surface area contributed by atoms with Crippen LogP contribution in [-0.2, 0) is 10.8 Å². The van der Waals surface area contributed by atoms with Crippen LogP contribution in [0.15, 0.2) is 12.1 Å². The third kappa shape index (κ3) is 1.63. The van der Waals surface area contributed by atoms with Crippen LogP contribution in [0.3, 0.4) is 0 Å². The Morgan fingerprint density at radius 2 is 1.38 bits per heavy atom. The van der Waals surface area contributed by atoms with Gasteiger partial charge in [-0.25, -0.2) is 0 Å². The van der Waals surface area contributed by atoms with Crippen molar-refractivity contribution in [3.63, 3.8) is 0 Å². The van der Waals surface area contributed by atoms with Gasteiger partial charge in [-0.05, 0) is 53.4 Å². The molecule has 1 nitrogen and oxygen atoms in total. The summed E-state index contributed by atoms with van der Waals surface area (Å²) in [4.78, 5) is 0. The Kier molecular flexibility index (Phi) is 2.34. The topological polar surface area (TPSA) is 26.0 Å². The van der Waals surface area contributed by atoms with E-state index in [0.717, 1.165) is 5.69 Å². The SMILES string of the molecule is Cc1cc2c(cc1N)C(C)(C)CCC2(C)C. The van der Waals surface area contributed by atoms with Gasteiger partial charge in [0.1, 0.15) is 0 Å². The second-order valence-corrected chi connectivity index (χ2v) is 6.52. The van der Waals surface area contributed by atoms with Gasteiger partial charge < -0.3 is 5.73 Å². The monoisotopic (exact) mass is 217 g/mol. The van der Waals surface area contributed by atoms with Gasteiger partial charge >= 0.3 is 0 Å². The normalized spacial score (nSPS) is 21.6. The van der Waals surface area contributed by atoms with Crippen LogP contribution in [0.2, 0.25) is 0 Å². The Morgan fingerprint density at radius 1 is 0.938 bits per heavy atom. The molecule has 0 fully saturated rings. The molecule has 2 rings (SSSR count). The van der Waals surface area contributed by atoms with Crippen LogP contribution in [-0.4, -0.2) is 0 Å². The molecule has 1 aromatic rings. The molecule has 1 aliphatic carbocycles. The van der Waals surface area contributed by atoms with Crippen LogP contribution in [0.1, 0.15) is 57.2 Å². The summed E-state index contributed by atoms with van der Waals surface area (Å²) in [6.07, 6.45) is 2.51. The highest BCUT2D eigenvalue weighted by Gasteiger charge is 2.37. The van der Waals surface area contributed by atoms with Gasteiger partial charge in [-0.2, -0.15) is 0 Å². The van der Waals surface area contributed by atoms with Crippen molar-refractivity contribution in [3.05, 3.63) is 28.8 Å². The van der Waals surface area contributed by atoms with E-state index in [-0.39, 0.29) is 5.41 Å². The average molecular weight is 217 g/mol. The first kappa shape index (κ1) is 11.5. The van der Waals surface area contributed by atoms with Gasteiger partial charge in [0.2, 0.25) is 0 Å². The molecular formula is C15H23N. The molecule has 0 aromatic heterocycles. The first-order chi connectivity index (χ1) is 7.24. The zero-order valence-electron chi connectivity index (χ0n) is 11.1. The summed E-state index contributed by atoms with van der Waals surface area (Å²) < 4.78 is 0. The smallest absolute Gasteiger partial charge is 0.0346 e. The van der Waals surface area contributed by atoms with Crippen molar-refractivity contribution in [1.82, 2.24) is 0 Å². The fourth-order valence-electron chi connectivity index (χ4n) is 2.74. The molecule has 0 radical (unpaired) electrons. The highest BCUT2D eigenvalue weighted by Crippen LogP contribution is 2.46. The van der Waals surface area contributed by atoms with Gasteiger partial charge in [-0.15, -0.1) is 0 Å². The predicted octanol–water partition coefficient (Wildman–Crippen LogP) is 3.93. The molecule has 0 amide bonds. The number of aryl methyl sites for hydroxylation is 1. The summed E-state index contributed by atoms with van der Waals surface area (Å²) in [5.41, 5.74) is 11.7. The first-order valence-corrected chi connectivity index (χ1v) is 6.15. The van der Waals surface area contributed by atoms with E-state index in [4.69, 9.17) is 5.73 Å². The zero-order chi connectivity index (χ0) is 12.1. The van der Waals surface area contributed by atoms with Crippen molar-refractivity contribution in [2.45, 2.75) is 58.3 Å². The van der Waals surface area contributed by atoms with E-state index in [1.54, 1.807) is 0 Å². The summed E-state index contributed by atoms with van der Waals surface area (Å²) in [5.74, 6) is 0. The number of nitrogens with two attached hydrogens (primary N) is 1. The van der Waals surface area contributed by atoms with Crippen molar-refractivity contribution in [2.24, 2.45) is 0 Å². The Balaban J connectivity index is 2.70. The molecule has 1 aromatic carbocycles. The van der Waals surface area contributed by atoms with E-state index in [9.17, 15) is 0 Å². The average Bonchev–Trinajstić information content (AvgIpc) is 2.17. The molecule has 0 atom stereocenters. The molecule has 1 aliphatic rings. The van der Waals surface area contributed by atoms with E-state index < -0.39 is 0 Å². The van der Waals surface area contributed by atoms with Crippen molar-refractivity contribution < 1.29 is 0 Å². The molecule has 0 spiro atoms. The summed E-state index contributed by atoms with van der Waals surface area (Å²) in [6.45, 7) is 11.5. The van der Waals surface area contributed by atoms with Crippen LogP contribution in [0.5, 0.6) is 0 Å². The second kappa shape index (κ2) is 3.26. The molecule has 0 saturated carbocycles. The molecule has 2 N–H and O–H groups in total. The van der Waals surface area contributed by atoms with Crippen molar-refractivity contribution in [1.29, 1.82) is 0 Å². The summed E-state index contributed by atoms with van der Waals surface area (Å²) in [7, 11) is 0. The number of benzene rings is 1. The highest BCUT2D eigenvalue weighted by molar-refractivity contribution is 5.56. The maximum atomic E-state index is 6.05.